The standard InChI is InChI=1S/C13H20N6O3S.C12H19N3O3S.C11H18N4O3S.C6H8N2O2S.C6H13NO2.C3H5IN2S/c1-7(12(21)22)8(2)17-9(20)5-10-18-19-11(23-10)6-16-13-14-3-4-15-13;1-5-10-14-15-11(19-10)6-9(16)13-8(3)7(2)12(17)18-4;1-6(11(17)18-3)7(2)13-8(16)4-9-14-15-10(5-12)19-9;1-2-4-7-8-5(11-4)3-6(9)10;1-4(5(2)7)6(8)9-3;4-7-3-5-1-2-6-3/h7-8H,3-6H2,1-2H3,(H,17,20)(H,21,22)(H2,14,15,16);7-8H,5-6H2,1-4H3,(H,13,16);6-7H,4-5,12H2,1-3H3,(H,13,16);2-3H2,1H3,(H,9,10);4-5H,7H2,1-3H3;1-2H2,(H,5,6). The largest absolute Gasteiger partial charge is 0.481 e. The Labute approximate surface area is 543 Å². The number of nitrogens with one attached hydrogen (secondary N) is 6. The second-order valence-electron chi connectivity index (χ2n) is 19.1. The number of carbonyl (C=O) groups excluding carboxylic acids is 6. The first-order valence-corrected chi connectivity index (χ1v) is 34.1. The third-order valence-corrected chi connectivity index (χ3v) is 17.8. The molecule has 31 nitrogen and oxygen atoms in total. The molecule has 0 fully saturated rings. The maximum absolute atomic E-state index is 11.9. The summed E-state index contributed by atoms with van der Waals surface area (Å²) in [6.07, 6.45) is 2.03. The van der Waals surface area contributed by atoms with Crippen LogP contribution in [-0.4, -0.2) is 181 Å². The smallest absolute Gasteiger partial charge is 0.310 e. The lowest BCUT2D eigenvalue weighted by Gasteiger charge is -2.18. The van der Waals surface area contributed by atoms with Crippen LogP contribution in [0.15, 0.2) is 9.98 Å². The third kappa shape index (κ3) is 32.8. The molecule has 6 rings (SSSR count). The van der Waals surface area contributed by atoms with E-state index in [0.717, 1.165) is 65.2 Å². The van der Waals surface area contributed by atoms with Gasteiger partial charge in [0, 0.05) is 65.0 Å². The summed E-state index contributed by atoms with van der Waals surface area (Å²) in [5.41, 5.74) is 10.8. The van der Waals surface area contributed by atoms with Gasteiger partial charge >= 0.3 is 29.8 Å². The number of guanidine groups is 1. The zero-order valence-electron chi connectivity index (χ0n) is 51.5. The number of aliphatic carboxylic acids is 2. The van der Waals surface area contributed by atoms with E-state index in [0.29, 0.717) is 38.1 Å². The summed E-state index contributed by atoms with van der Waals surface area (Å²) >= 11 is 7.65. The van der Waals surface area contributed by atoms with Gasteiger partial charge in [-0.2, -0.15) is 0 Å². The van der Waals surface area contributed by atoms with E-state index in [1.54, 1.807) is 64.3 Å². The topological polar surface area (TPSA) is 457 Å². The van der Waals surface area contributed by atoms with Gasteiger partial charge in [0.2, 0.25) is 17.7 Å². The molecule has 0 saturated heterocycles. The van der Waals surface area contributed by atoms with Crippen molar-refractivity contribution in [3.8, 4) is 0 Å². The van der Waals surface area contributed by atoms with Crippen molar-refractivity contribution in [3.63, 3.8) is 0 Å². The summed E-state index contributed by atoms with van der Waals surface area (Å²) in [6.45, 7) is 22.0. The molecule has 492 valence electrons. The van der Waals surface area contributed by atoms with Gasteiger partial charge in [-0.15, -0.1) is 63.5 Å². The quantitative estimate of drug-likeness (QED) is 0.0273. The van der Waals surface area contributed by atoms with E-state index in [1.165, 1.54) is 66.7 Å². The highest BCUT2D eigenvalue weighted by Crippen LogP contribution is 2.16. The van der Waals surface area contributed by atoms with Gasteiger partial charge in [0.15, 0.2) is 11.1 Å². The van der Waals surface area contributed by atoms with Crippen molar-refractivity contribution in [2.75, 3.05) is 47.5 Å². The van der Waals surface area contributed by atoms with Gasteiger partial charge in [0.1, 0.15) is 40.1 Å². The maximum atomic E-state index is 11.9. The summed E-state index contributed by atoms with van der Waals surface area (Å²) in [5, 5.41) is 72.7. The fourth-order valence-corrected chi connectivity index (χ4v) is 10.5. The van der Waals surface area contributed by atoms with Crippen LogP contribution in [0, 0.1) is 23.7 Å². The first kappa shape index (κ1) is 79.8. The van der Waals surface area contributed by atoms with E-state index in [4.69, 9.17) is 21.7 Å². The fourth-order valence-electron chi connectivity index (χ4n) is 6.21. The Bertz CT molecular complexity index is 2770. The Morgan fingerprint density at radius 2 is 0.909 bits per heavy atom. The summed E-state index contributed by atoms with van der Waals surface area (Å²) in [6, 6.07) is -1.15. The molecule has 6 heterocycles. The van der Waals surface area contributed by atoms with Crippen molar-refractivity contribution in [2.45, 2.75) is 145 Å². The summed E-state index contributed by atoms with van der Waals surface area (Å²) < 4.78 is 13.7. The third-order valence-electron chi connectivity index (χ3n) is 12.2. The molecule has 12 N–H and O–H groups in total. The molecule has 0 bridgehead atoms. The molecule has 8 unspecified atom stereocenters. The second-order valence-corrected chi connectivity index (χ2v) is 25.5. The van der Waals surface area contributed by atoms with Crippen LogP contribution in [0.25, 0.3) is 0 Å². The highest BCUT2D eigenvalue weighted by atomic mass is 127. The summed E-state index contributed by atoms with van der Waals surface area (Å²) in [4.78, 5) is 98.2. The first-order valence-electron chi connectivity index (χ1n) is 27.5. The van der Waals surface area contributed by atoms with Gasteiger partial charge in [-0.05, 0) is 70.2 Å². The van der Waals surface area contributed by atoms with Crippen LogP contribution >= 0.6 is 75.5 Å². The number of carbonyl (C=O) groups is 8. The number of carboxylic acids is 2. The number of esters is 3. The van der Waals surface area contributed by atoms with E-state index in [9.17, 15) is 38.4 Å². The number of amidine groups is 1. The molecule has 0 aromatic carbocycles. The van der Waals surface area contributed by atoms with Gasteiger partial charge in [-0.1, -0.05) is 43.4 Å². The van der Waals surface area contributed by atoms with Gasteiger partial charge in [0.05, 0.1) is 90.3 Å². The van der Waals surface area contributed by atoms with E-state index in [1.807, 2.05) is 13.8 Å². The minimum Gasteiger partial charge on any atom is -0.481 e. The Hall–Kier alpha value is -6.26. The molecule has 2 aliphatic rings. The predicted molar refractivity (Wildman–Crippen MR) is 345 cm³/mol. The Morgan fingerprint density at radius 3 is 1.22 bits per heavy atom. The average molecular weight is 1440 g/mol. The monoisotopic (exact) mass is 1440 g/mol. The molecule has 4 aromatic heterocycles. The van der Waals surface area contributed by atoms with Crippen LogP contribution in [-0.2, 0) is 104 Å². The molecular weight excluding hydrogens is 1360 g/mol. The number of hydrogen-bond donors (Lipinski definition) is 10. The van der Waals surface area contributed by atoms with Crippen LogP contribution in [0.3, 0.4) is 0 Å². The highest BCUT2D eigenvalue weighted by molar-refractivity contribution is 14.2. The molecule has 0 radical (unpaired) electrons. The van der Waals surface area contributed by atoms with E-state index in [2.05, 4.69) is 118 Å². The van der Waals surface area contributed by atoms with Gasteiger partial charge in [-0.3, -0.25) is 48.3 Å². The van der Waals surface area contributed by atoms with Crippen LogP contribution in [0.1, 0.15) is 109 Å². The van der Waals surface area contributed by atoms with Crippen molar-refractivity contribution in [1.29, 1.82) is 0 Å². The van der Waals surface area contributed by atoms with Crippen molar-refractivity contribution >= 4 is 134 Å². The minimum absolute atomic E-state index is 0.0162. The number of hydrogen-bond acceptors (Lipinski definition) is 31. The van der Waals surface area contributed by atoms with Gasteiger partial charge in [0.25, 0.3) is 0 Å². The molecule has 37 heteroatoms. The number of nitrogens with two attached hydrogens (primary N) is 2. The average Bonchev–Trinajstić information content (AvgIpc) is 4.25. The van der Waals surface area contributed by atoms with Gasteiger partial charge < -0.3 is 67.8 Å². The number of amides is 3. The predicted octanol–water partition coefficient (Wildman–Crippen LogP) is 2.06. The molecule has 4 aromatic rings. The maximum Gasteiger partial charge on any atom is 0.310 e. The van der Waals surface area contributed by atoms with E-state index in [-0.39, 0.29) is 91.3 Å². The Balaban J connectivity index is 0.000000550. The summed E-state index contributed by atoms with van der Waals surface area (Å²) in [5.74, 6) is -4.24. The SMILES string of the molecule is CC(NC(=O)Cc1nnc(CNC2=NCCN2)s1)C(C)C(=O)O.CCc1nnc(CC(=O)NC(C)C(C)C(=O)OC)s1.CCc1nnc(CC(=O)O)s1.COC(=O)C(C)C(C)N.COC(=O)C(C)C(C)NC(=O)Cc1nnc(CN)s1.ISC1=NCCN1. The van der Waals surface area contributed by atoms with Crippen molar-refractivity contribution < 1.29 is 62.8 Å². The molecular formula is C51H83IN18O13S5. The highest BCUT2D eigenvalue weighted by Gasteiger charge is 2.25. The molecule has 0 saturated carbocycles. The molecule has 2 aliphatic heterocycles. The minimum atomic E-state index is -0.939. The number of nitrogens with zero attached hydrogens (tertiary/aromatic N) is 10. The Kier molecular flexibility index (Phi) is 40.1. The number of carboxylic acid groups (broad SMARTS) is 2. The number of methoxy groups -OCH3 is 3. The lowest BCUT2D eigenvalue weighted by Crippen LogP contribution is -2.41. The molecule has 0 spiro atoms. The zero-order chi connectivity index (χ0) is 66.5. The van der Waals surface area contributed by atoms with Crippen LogP contribution in [0.2, 0.25) is 0 Å². The van der Waals surface area contributed by atoms with Crippen LogP contribution in [0.5, 0.6) is 0 Å². The van der Waals surface area contributed by atoms with Crippen molar-refractivity contribution in [3.05, 3.63) is 40.1 Å². The number of aromatic nitrogens is 8. The fraction of sp³-hybridized carbons (Fsp3) is 0.647. The van der Waals surface area contributed by atoms with E-state index < -0.39 is 29.8 Å². The molecule has 3 amide bonds. The zero-order valence-corrected chi connectivity index (χ0v) is 57.8. The number of halogens is 1. The number of aryl methyl sites for hydroxylation is 2. The number of aliphatic imine (C=N–C) groups is 2. The van der Waals surface area contributed by atoms with Crippen molar-refractivity contribution in [1.82, 2.24) is 72.7 Å². The normalized spacial score (nSPS) is 14.5. The van der Waals surface area contributed by atoms with E-state index >= 15 is 0 Å². The van der Waals surface area contributed by atoms with Crippen molar-refractivity contribution in [2.24, 2.45) is 45.1 Å². The van der Waals surface area contributed by atoms with Gasteiger partial charge in [-0.25, -0.2) is 0 Å². The lowest BCUT2D eigenvalue weighted by molar-refractivity contribution is -0.147. The Morgan fingerprint density at radius 1 is 0.545 bits per heavy atom. The van der Waals surface area contributed by atoms with Crippen LogP contribution < -0.4 is 43.4 Å². The molecule has 8 atom stereocenters. The number of rotatable bonds is 24. The van der Waals surface area contributed by atoms with Crippen LogP contribution in [0.4, 0.5) is 0 Å². The molecule has 0 aliphatic carbocycles. The summed E-state index contributed by atoms with van der Waals surface area (Å²) in [7, 11) is 5.66. The first-order chi connectivity index (χ1) is 41.6. The molecule has 88 heavy (non-hydrogen) atoms. The lowest BCUT2D eigenvalue weighted by atomic mass is 10.0. The second kappa shape index (κ2) is 44.2. The number of ether oxygens (including phenoxy) is 3.